The van der Waals surface area contributed by atoms with E-state index < -0.39 is 17.3 Å². The summed E-state index contributed by atoms with van der Waals surface area (Å²) in [5.74, 6) is -0.545. The molecule has 1 saturated heterocycles. The van der Waals surface area contributed by atoms with E-state index in [2.05, 4.69) is 43.3 Å². The lowest BCUT2D eigenvalue weighted by Crippen LogP contribution is -2.53. The first-order valence-electron chi connectivity index (χ1n) is 11.9. The Hall–Kier alpha value is -3.40. The number of hydrogen-bond donors (Lipinski definition) is 0. The van der Waals surface area contributed by atoms with Crippen molar-refractivity contribution in [2.45, 2.75) is 38.0 Å². The van der Waals surface area contributed by atoms with E-state index in [1.807, 2.05) is 43.3 Å². The summed E-state index contributed by atoms with van der Waals surface area (Å²) in [5.41, 5.74) is 4.85. The van der Waals surface area contributed by atoms with Crippen LogP contribution in [0.5, 0.6) is 5.75 Å². The third kappa shape index (κ3) is 2.47. The van der Waals surface area contributed by atoms with E-state index in [-0.39, 0.29) is 17.7 Å². The number of rotatable bonds is 5. The van der Waals surface area contributed by atoms with Gasteiger partial charge in [0.1, 0.15) is 5.75 Å². The smallest absolute Gasteiger partial charge is 0.239 e. The van der Waals surface area contributed by atoms with Crippen LogP contribution in [0.3, 0.4) is 0 Å². The fourth-order valence-electron chi connectivity index (χ4n) is 6.74. The molecule has 4 nitrogen and oxygen atoms in total. The van der Waals surface area contributed by atoms with Gasteiger partial charge in [0.2, 0.25) is 11.8 Å². The molecule has 2 unspecified atom stereocenters. The Morgan fingerprint density at radius 2 is 1.42 bits per heavy atom. The highest BCUT2D eigenvalue weighted by atomic mass is 16.5. The van der Waals surface area contributed by atoms with Gasteiger partial charge in [0.05, 0.1) is 24.1 Å². The van der Waals surface area contributed by atoms with E-state index in [4.69, 9.17) is 4.74 Å². The molecule has 1 heterocycles. The van der Waals surface area contributed by atoms with E-state index in [0.717, 1.165) is 12.8 Å². The summed E-state index contributed by atoms with van der Waals surface area (Å²) >= 11 is 0. The van der Waals surface area contributed by atoms with E-state index in [9.17, 15) is 9.59 Å². The molecular weight excluding hydrogens is 410 g/mol. The maximum absolute atomic E-state index is 14.2. The van der Waals surface area contributed by atoms with Crippen LogP contribution in [-0.4, -0.2) is 18.4 Å². The van der Waals surface area contributed by atoms with Crippen molar-refractivity contribution < 1.29 is 14.3 Å². The van der Waals surface area contributed by atoms with Gasteiger partial charge in [0.25, 0.3) is 0 Å². The Morgan fingerprint density at radius 1 is 0.818 bits per heavy atom. The standard InChI is InChI=1S/C29H27NO3/c1-3-17-33-23-16-10-9-15-22(23)30-27(31)25-24-18-11-5-7-13-20(18)29(4-2,26(25)28(30)32)21-14-8-6-12-19(21)24/h5-16,24-26H,3-4,17H2,1-2H3. The fourth-order valence-corrected chi connectivity index (χ4v) is 6.74. The van der Waals surface area contributed by atoms with Crippen molar-refractivity contribution >= 4 is 17.5 Å². The monoisotopic (exact) mass is 437 g/mol. The van der Waals surface area contributed by atoms with Gasteiger partial charge >= 0.3 is 0 Å². The number of anilines is 1. The fraction of sp³-hybridized carbons (Fsp3) is 0.310. The Morgan fingerprint density at radius 3 is 2.06 bits per heavy atom. The quantitative estimate of drug-likeness (QED) is 0.500. The zero-order valence-corrected chi connectivity index (χ0v) is 19.0. The zero-order valence-electron chi connectivity index (χ0n) is 19.0. The van der Waals surface area contributed by atoms with Crippen LogP contribution in [0.25, 0.3) is 0 Å². The minimum Gasteiger partial charge on any atom is -0.491 e. The molecule has 7 rings (SSSR count). The topological polar surface area (TPSA) is 46.6 Å². The predicted octanol–water partition coefficient (Wildman–Crippen LogP) is 5.44. The van der Waals surface area contributed by atoms with Crippen molar-refractivity contribution in [1.29, 1.82) is 0 Å². The summed E-state index contributed by atoms with van der Waals surface area (Å²) < 4.78 is 5.95. The maximum Gasteiger partial charge on any atom is 0.239 e. The van der Waals surface area contributed by atoms with Crippen LogP contribution in [0.1, 0.15) is 54.9 Å². The van der Waals surface area contributed by atoms with Gasteiger partial charge in [-0.1, -0.05) is 74.5 Å². The second kappa shape index (κ2) is 7.31. The largest absolute Gasteiger partial charge is 0.491 e. The van der Waals surface area contributed by atoms with Gasteiger partial charge in [0.15, 0.2) is 0 Å². The van der Waals surface area contributed by atoms with Crippen molar-refractivity contribution in [2.75, 3.05) is 11.5 Å². The molecule has 2 atom stereocenters. The molecule has 166 valence electrons. The Bertz CT molecular complexity index is 1230. The summed E-state index contributed by atoms with van der Waals surface area (Å²) in [6.45, 7) is 4.73. The number of para-hydroxylation sites is 2. The van der Waals surface area contributed by atoms with Gasteiger partial charge < -0.3 is 4.74 Å². The number of hydrogen-bond acceptors (Lipinski definition) is 3. The summed E-state index contributed by atoms with van der Waals surface area (Å²) in [7, 11) is 0. The summed E-state index contributed by atoms with van der Waals surface area (Å²) in [6.07, 6.45) is 1.61. The number of carbonyl (C=O) groups excluding carboxylic acids is 2. The van der Waals surface area contributed by atoms with E-state index in [1.165, 1.54) is 27.2 Å². The summed E-state index contributed by atoms with van der Waals surface area (Å²) in [5, 5.41) is 0. The van der Waals surface area contributed by atoms with Crippen molar-refractivity contribution in [3.63, 3.8) is 0 Å². The van der Waals surface area contributed by atoms with Crippen molar-refractivity contribution in [3.8, 4) is 5.75 Å². The van der Waals surface area contributed by atoms with Crippen molar-refractivity contribution in [3.05, 3.63) is 95.1 Å². The Labute approximate surface area is 194 Å². The van der Waals surface area contributed by atoms with Gasteiger partial charge in [-0.2, -0.15) is 0 Å². The van der Waals surface area contributed by atoms with Gasteiger partial charge in [-0.15, -0.1) is 0 Å². The first kappa shape index (κ1) is 20.2. The lowest BCUT2D eigenvalue weighted by atomic mass is 9.46. The minimum absolute atomic E-state index is 0.103. The highest BCUT2D eigenvalue weighted by Crippen LogP contribution is 2.65. The average molecular weight is 438 g/mol. The second-order valence-electron chi connectivity index (χ2n) is 9.31. The summed E-state index contributed by atoms with van der Waals surface area (Å²) in [6, 6.07) is 24.3. The Kier molecular flexibility index (Phi) is 4.48. The first-order valence-corrected chi connectivity index (χ1v) is 11.9. The Balaban J connectivity index is 1.58. The predicted molar refractivity (Wildman–Crippen MR) is 127 cm³/mol. The molecular formula is C29H27NO3. The zero-order chi connectivity index (χ0) is 22.7. The van der Waals surface area contributed by atoms with Gasteiger partial charge in [-0.25, -0.2) is 4.90 Å². The van der Waals surface area contributed by atoms with Crippen LogP contribution in [0.15, 0.2) is 72.8 Å². The molecule has 0 saturated carbocycles. The number of imide groups is 1. The molecule has 3 aliphatic carbocycles. The molecule has 33 heavy (non-hydrogen) atoms. The van der Waals surface area contributed by atoms with Crippen LogP contribution < -0.4 is 9.64 Å². The highest BCUT2D eigenvalue weighted by Gasteiger charge is 2.67. The van der Waals surface area contributed by atoms with Crippen LogP contribution in [0.4, 0.5) is 5.69 Å². The number of amides is 2. The summed E-state index contributed by atoms with van der Waals surface area (Å²) in [4.78, 5) is 29.7. The number of benzene rings is 3. The van der Waals surface area contributed by atoms with Gasteiger partial charge in [-0.3, -0.25) is 9.59 Å². The highest BCUT2D eigenvalue weighted by molar-refractivity contribution is 6.24. The molecule has 2 bridgehead atoms. The van der Waals surface area contributed by atoms with Crippen LogP contribution in [0, 0.1) is 11.8 Å². The van der Waals surface area contributed by atoms with Gasteiger partial charge in [0, 0.05) is 11.3 Å². The van der Waals surface area contributed by atoms with Crippen LogP contribution in [-0.2, 0) is 15.0 Å². The third-order valence-electron chi connectivity index (χ3n) is 7.92. The lowest BCUT2D eigenvalue weighted by Gasteiger charge is -2.54. The molecule has 1 fully saturated rings. The molecule has 0 aromatic heterocycles. The average Bonchev–Trinajstić information content (AvgIpc) is 3.13. The van der Waals surface area contributed by atoms with Gasteiger partial charge in [-0.05, 0) is 47.2 Å². The maximum atomic E-state index is 14.2. The molecule has 1 aliphatic heterocycles. The molecule has 0 N–H and O–H groups in total. The van der Waals surface area contributed by atoms with E-state index in [0.29, 0.717) is 18.0 Å². The number of ether oxygens (including phenoxy) is 1. The van der Waals surface area contributed by atoms with Crippen LogP contribution >= 0.6 is 0 Å². The SMILES string of the molecule is CCCOc1ccccc1N1C(=O)C2C3c4ccccc4C(CC)(c4ccccc43)C2C1=O. The first-order chi connectivity index (χ1) is 16.1. The molecule has 4 aliphatic rings. The number of nitrogens with zero attached hydrogens (tertiary/aromatic N) is 1. The lowest BCUT2D eigenvalue weighted by molar-refractivity contribution is -0.123. The molecule has 3 aromatic rings. The van der Waals surface area contributed by atoms with E-state index in [1.54, 1.807) is 0 Å². The molecule has 3 aromatic carbocycles. The third-order valence-corrected chi connectivity index (χ3v) is 7.92. The molecule has 0 spiro atoms. The molecule has 0 radical (unpaired) electrons. The molecule has 4 heteroatoms. The van der Waals surface area contributed by atoms with E-state index >= 15 is 0 Å². The number of carbonyl (C=O) groups is 2. The second-order valence-corrected chi connectivity index (χ2v) is 9.31. The van der Waals surface area contributed by atoms with Crippen LogP contribution in [0.2, 0.25) is 0 Å². The minimum atomic E-state index is -0.507. The van der Waals surface area contributed by atoms with Crippen molar-refractivity contribution in [1.82, 2.24) is 0 Å². The normalized spacial score (nSPS) is 26.7. The molecule has 2 amide bonds. The van der Waals surface area contributed by atoms with Crippen molar-refractivity contribution in [2.24, 2.45) is 11.8 Å².